The molecule has 0 saturated carbocycles. The average Bonchev–Trinajstić information content (AvgIpc) is 2.08. The number of allylic oxidation sites excluding steroid dienone is 1. The van der Waals surface area contributed by atoms with Crippen molar-refractivity contribution in [2.75, 3.05) is 0 Å². The summed E-state index contributed by atoms with van der Waals surface area (Å²) in [5.74, 6) is -0.343. The Morgan fingerprint density at radius 3 is 2.50 bits per heavy atom. The van der Waals surface area contributed by atoms with Crippen molar-refractivity contribution in [2.24, 2.45) is 0 Å². The first-order chi connectivity index (χ1) is 6.50. The second-order valence-electron chi connectivity index (χ2n) is 2.77. The van der Waals surface area contributed by atoms with Crippen molar-refractivity contribution < 1.29 is 9.90 Å². The first kappa shape index (κ1) is 11.1. The number of benzene rings is 1. The molecule has 0 fully saturated rings. The Kier molecular flexibility index (Phi) is 3.55. The van der Waals surface area contributed by atoms with Crippen molar-refractivity contribution in [3.63, 3.8) is 0 Å². The molecule has 0 atom stereocenters. The molecule has 0 spiro atoms. The van der Waals surface area contributed by atoms with E-state index < -0.39 is 0 Å². The third-order valence-corrected chi connectivity index (χ3v) is 2.29. The summed E-state index contributed by atoms with van der Waals surface area (Å²) >= 11 is 11.4. The topological polar surface area (TPSA) is 37.3 Å². The molecule has 0 aliphatic carbocycles. The van der Waals surface area contributed by atoms with Gasteiger partial charge in [-0.15, -0.1) is 0 Å². The maximum atomic E-state index is 10.7. The third-order valence-electron chi connectivity index (χ3n) is 1.56. The van der Waals surface area contributed by atoms with E-state index in [0.717, 1.165) is 6.08 Å². The van der Waals surface area contributed by atoms with E-state index in [9.17, 15) is 9.90 Å². The highest BCUT2D eigenvalue weighted by atomic mass is 35.5. The van der Waals surface area contributed by atoms with Crippen LogP contribution in [0.25, 0.3) is 5.76 Å². The fourth-order valence-corrected chi connectivity index (χ4v) is 1.23. The number of aliphatic hydroxyl groups is 1. The molecule has 0 saturated heterocycles. The molecule has 14 heavy (non-hydrogen) atoms. The lowest BCUT2D eigenvalue weighted by Gasteiger charge is -2.01. The van der Waals surface area contributed by atoms with Crippen molar-refractivity contribution in [2.45, 2.75) is 6.92 Å². The van der Waals surface area contributed by atoms with Crippen molar-refractivity contribution in [1.29, 1.82) is 0 Å². The minimum atomic E-state index is -0.228. The molecule has 4 heteroatoms. The molecule has 0 heterocycles. The number of aliphatic hydroxyl groups excluding tert-OH is 1. The van der Waals surface area contributed by atoms with Crippen LogP contribution in [0.15, 0.2) is 24.3 Å². The minimum absolute atomic E-state index is 0.115. The van der Waals surface area contributed by atoms with Gasteiger partial charge in [-0.25, -0.2) is 0 Å². The van der Waals surface area contributed by atoms with Gasteiger partial charge in [0.15, 0.2) is 5.78 Å². The van der Waals surface area contributed by atoms with E-state index >= 15 is 0 Å². The Balaban J connectivity index is 3.09. The summed E-state index contributed by atoms with van der Waals surface area (Å²) in [4.78, 5) is 10.7. The lowest BCUT2D eigenvalue weighted by Crippen LogP contribution is -1.88. The molecular formula is C10H8Cl2O2. The van der Waals surface area contributed by atoms with E-state index in [1.54, 1.807) is 12.1 Å². The summed E-state index contributed by atoms with van der Waals surface area (Å²) in [6.07, 6.45) is 1.12. The third kappa shape index (κ3) is 2.76. The van der Waals surface area contributed by atoms with Crippen molar-refractivity contribution in [1.82, 2.24) is 0 Å². The zero-order chi connectivity index (χ0) is 10.7. The Bertz CT molecular complexity index is 397. The lowest BCUT2D eigenvalue weighted by molar-refractivity contribution is -0.112. The quantitative estimate of drug-likeness (QED) is 0.624. The van der Waals surface area contributed by atoms with Gasteiger partial charge in [0.1, 0.15) is 5.76 Å². The second kappa shape index (κ2) is 4.49. The monoisotopic (exact) mass is 230 g/mol. The molecule has 0 amide bonds. The predicted molar refractivity (Wildman–Crippen MR) is 57.7 cm³/mol. The number of carbonyl (C=O) groups excluding carboxylic acids is 1. The standard InChI is InChI=1S/C10H8Cl2O2/c1-6(13)4-10(14)7-2-3-8(11)9(12)5-7/h2-5,14H,1H3/b10-4-. The van der Waals surface area contributed by atoms with Gasteiger partial charge in [0.2, 0.25) is 0 Å². The van der Waals surface area contributed by atoms with Crippen LogP contribution in [0.3, 0.4) is 0 Å². The number of rotatable bonds is 2. The van der Waals surface area contributed by atoms with Gasteiger partial charge in [-0.3, -0.25) is 4.79 Å². The molecular weight excluding hydrogens is 223 g/mol. The van der Waals surface area contributed by atoms with Crippen molar-refractivity contribution in [3.8, 4) is 0 Å². The van der Waals surface area contributed by atoms with E-state index in [1.165, 1.54) is 13.0 Å². The van der Waals surface area contributed by atoms with E-state index in [4.69, 9.17) is 23.2 Å². The predicted octanol–water partition coefficient (Wildman–Crippen LogP) is 3.48. The van der Waals surface area contributed by atoms with Crippen molar-refractivity contribution in [3.05, 3.63) is 39.9 Å². The molecule has 2 nitrogen and oxygen atoms in total. The first-order valence-corrected chi connectivity index (χ1v) is 4.63. The van der Waals surface area contributed by atoms with E-state index in [2.05, 4.69) is 0 Å². The van der Waals surface area contributed by atoms with Gasteiger partial charge in [0, 0.05) is 11.6 Å². The van der Waals surface area contributed by atoms with Crippen LogP contribution in [0.1, 0.15) is 12.5 Å². The highest BCUT2D eigenvalue weighted by molar-refractivity contribution is 6.42. The Morgan fingerprint density at radius 2 is 2.00 bits per heavy atom. The molecule has 1 rings (SSSR count). The van der Waals surface area contributed by atoms with Gasteiger partial charge in [-0.2, -0.15) is 0 Å². The van der Waals surface area contributed by atoms with Gasteiger partial charge in [0.05, 0.1) is 10.0 Å². The van der Waals surface area contributed by atoms with Crippen LogP contribution >= 0.6 is 23.2 Å². The molecule has 1 aromatic carbocycles. The highest BCUT2D eigenvalue weighted by Gasteiger charge is 2.03. The molecule has 0 radical (unpaired) electrons. The average molecular weight is 231 g/mol. The van der Waals surface area contributed by atoms with E-state index in [0.29, 0.717) is 15.6 Å². The number of hydrogen-bond donors (Lipinski definition) is 1. The smallest absolute Gasteiger partial charge is 0.156 e. The SMILES string of the molecule is CC(=O)/C=C(\O)c1ccc(Cl)c(Cl)c1. The molecule has 74 valence electrons. The fourth-order valence-electron chi connectivity index (χ4n) is 0.931. The molecule has 1 N–H and O–H groups in total. The maximum absolute atomic E-state index is 10.7. The normalized spacial score (nSPS) is 11.5. The molecule has 0 aliphatic heterocycles. The number of carbonyl (C=O) groups is 1. The van der Waals surface area contributed by atoms with Gasteiger partial charge in [-0.05, 0) is 25.1 Å². The Hall–Kier alpha value is -0.990. The summed E-state index contributed by atoms with van der Waals surface area (Å²) in [7, 11) is 0. The molecule has 0 unspecified atom stereocenters. The number of ketones is 1. The van der Waals surface area contributed by atoms with E-state index in [1.807, 2.05) is 0 Å². The summed E-state index contributed by atoms with van der Waals surface area (Å²) in [5, 5.41) is 10.2. The van der Waals surface area contributed by atoms with Crippen molar-refractivity contribution >= 4 is 34.7 Å². The van der Waals surface area contributed by atoms with Gasteiger partial charge < -0.3 is 5.11 Å². The van der Waals surface area contributed by atoms with Gasteiger partial charge >= 0.3 is 0 Å². The van der Waals surface area contributed by atoms with Crippen LogP contribution in [0, 0.1) is 0 Å². The van der Waals surface area contributed by atoms with Gasteiger partial charge in [-0.1, -0.05) is 23.2 Å². The highest BCUT2D eigenvalue weighted by Crippen LogP contribution is 2.25. The molecule has 0 bridgehead atoms. The number of hydrogen-bond acceptors (Lipinski definition) is 2. The molecule has 0 aliphatic rings. The van der Waals surface area contributed by atoms with Crippen LogP contribution in [-0.4, -0.2) is 10.9 Å². The summed E-state index contributed by atoms with van der Waals surface area (Å²) in [6, 6.07) is 4.64. The van der Waals surface area contributed by atoms with Crippen LogP contribution in [-0.2, 0) is 4.79 Å². The largest absolute Gasteiger partial charge is 0.507 e. The lowest BCUT2D eigenvalue weighted by atomic mass is 10.1. The Morgan fingerprint density at radius 1 is 1.36 bits per heavy atom. The minimum Gasteiger partial charge on any atom is -0.507 e. The molecule has 0 aromatic heterocycles. The van der Waals surface area contributed by atoms with Gasteiger partial charge in [0.25, 0.3) is 0 Å². The second-order valence-corrected chi connectivity index (χ2v) is 3.58. The summed E-state index contributed by atoms with van der Waals surface area (Å²) in [6.45, 7) is 1.35. The van der Waals surface area contributed by atoms with Crippen LogP contribution in [0.5, 0.6) is 0 Å². The maximum Gasteiger partial charge on any atom is 0.156 e. The fraction of sp³-hybridized carbons (Fsp3) is 0.100. The summed E-state index contributed by atoms with van der Waals surface area (Å²) < 4.78 is 0. The summed E-state index contributed by atoms with van der Waals surface area (Å²) in [5.41, 5.74) is 0.467. The number of halogens is 2. The first-order valence-electron chi connectivity index (χ1n) is 3.87. The van der Waals surface area contributed by atoms with Crippen LogP contribution in [0.2, 0.25) is 10.0 Å². The Labute approximate surface area is 91.8 Å². The zero-order valence-electron chi connectivity index (χ0n) is 7.42. The van der Waals surface area contributed by atoms with Crippen LogP contribution < -0.4 is 0 Å². The van der Waals surface area contributed by atoms with E-state index in [-0.39, 0.29) is 11.5 Å². The zero-order valence-corrected chi connectivity index (χ0v) is 8.93. The molecule has 1 aromatic rings. The van der Waals surface area contributed by atoms with Crippen LogP contribution in [0.4, 0.5) is 0 Å².